The number of aromatic hydroxyl groups is 2. The van der Waals surface area contributed by atoms with Crippen molar-refractivity contribution < 1.29 is 15.0 Å². The van der Waals surface area contributed by atoms with Crippen LogP contribution in [0.15, 0.2) is 29.6 Å². The third-order valence-electron chi connectivity index (χ3n) is 3.26. The molecule has 0 bridgehead atoms. The molecule has 5 heteroatoms. The van der Waals surface area contributed by atoms with Gasteiger partial charge < -0.3 is 15.1 Å². The molecule has 0 unspecified atom stereocenters. The first-order valence-electron chi connectivity index (χ1n) is 6.01. The Morgan fingerprint density at radius 2 is 1.95 bits per heavy atom. The Labute approximate surface area is 114 Å². The van der Waals surface area contributed by atoms with E-state index >= 15 is 0 Å². The van der Waals surface area contributed by atoms with Crippen molar-refractivity contribution in [3.63, 3.8) is 0 Å². The van der Waals surface area contributed by atoms with Gasteiger partial charge in [-0.15, -0.1) is 11.3 Å². The summed E-state index contributed by atoms with van der Waals surface area (Å²) in [5.74, 6) is -0.361. The van der Waals surface area contributed by atoms with E-state index in [1.54, 1.807) is 16.2 Å². The summed E-state index contributed by atoms with van der Waals surface area (Å²) in [6.07, 6.45) is 0.857. The molecule has 2 aromatic rings. The van der Waals surface area contributed by atoms with Crippen LogP contribution in [0.25, 0.3) is 0 Å². The Balaban J connectivity index is 1.85. The topological polar surface area (TPSA) is 60.8 Å². The van der Waals surface area contributed by atoms with Gasteiger partial charge in [0, 0.05) is 23.1 Å². The zero-order valence-corrected chi connectivity index (χ0v) is 11.0. The fourth-order valence-electron chi connectivity index (χ4n) is 2.31. The van der Waals surface area contributed by atoms with Crippen molar-refractivity contribution in [3.8, 4) is 11.5 Å². The van der Waals surface area contributed by atoms with Crippen molar-refractivity contribution in [1.29, 1.82) is 0 Å². The first-order valence-corrected chi connectivity index (χ1v) is 6.89. The molecule has 98 valence electrons. The third kappa shape index (κ3) is 2.29. The quantitative estimate of drug-likeness (QED) is 0.840. The van der Waals surface area contributed by atoms with Crippen LogP contribution < -0.4 is 0 Å². The maximum absolute atomic E-state index is 12.3. The summed E-state index contributed by atoms with van der Waals surface area (Å²) < 4.78 is 0. The Bertz CT molecular complexity index is 615. The fourth-order valence-corrected chi connectivity index (χ4v) is 3.26. The summed E-state index contributed by atoms with van der Waals surface area (Å²) in [6.45, 7) is 1.27. The molecule has 0 saturated carbocycles. The molecule has 0 aliphatic carbocycles. The molecule has 0 radical (unpaired) electrons. The van der Waals surface area contributed by atoms with Gasteiger partial charge in [-0.25, -0.2) is 0 Å². The second-order valence-corrected chi connectivity index (χ2v) is 5.58. The Morgan fingerprint density at radius 1 is 1.21 bits per heavy atom. The number of rotatable bonds is 1. The predicted octanol–water partition coefficient (Wildman–Crippen LogP) is 2.36. The number of amides is 1. The van der Waals surface area contributed by atoms with E-state index in [1.165, 1.54) is 28.6 Å². The van der Waals surface area contributed by atoms with Gasteiger partial charge in [-0.1, -0.05) is 0 Å². The molecule has 0 atom stereocenters. The average Bonchev–Trinajstić information content (AvgIpc) is 2.83. The minimum atomic E-state index is -0.162. The fraction of sp³-hybridized carbons (Fsp3) is 0.214. The molecule has 0 spiro atoms. The van der Waals surface area contributed by atoms with Gasteiger partial charge >= 0.3 is 0 Å². The molecular weight excluding hydrogens is 262 g/mol. The number of benzene rings is 1. The lowest BCUT2D eigenvalue weighted by Gasteiger charge is -2.27. The SMILES string of the molecule is O=C(c1cc(O)cc(O)c1)N1CCc2ccsc2C1. The van der Waals surface area contributed by atoms with E-state index in [0.29, 0.717) is 18.7 Å². The molecule has 1 aromatic heterocycles. The molecule has 1 amide bonds. The summed E-state index contributed by atoms with van der Waals surface area (Å²) in [4.78, 5) is 15.3. The summed E-state index contributed by atoms with van der Waals surface area (Å²) in [5, 5.41) is 20.9. The van der Waals surface area contributed by atoms with Gasteiger partial charge in [-0.05, 0) is 35.6 Å². The van der Waals surface area contributed by atoms with Crippen LogP contribution in [-0.2, 0) is 13.0 Å². The lowest BCUT2D eigenvalue weighted by Crippen LogP contribution is -2.35. The van der Waals surface area contributed by atoms with Crippen LogP contribution in [-0.4, -0.2) is 27.6 Å². The van der Waals surface area contributed by atoms with E-state index in [2.05, 4.69) is 6.07 Å². The molecule has 2 heterocycles. The second-order valence-electron chi connectivity index (χ2n) is 4.58. The summed E-state index contributed by atoms with van der Waals surface area (Å²) >= 11 is 1.66. The molecular formula is C14H13NO3S. The summed E-state index contributed by atoms with van der Waals surface area (Å²) in [7, 11) is 0. The summed E-state index contributed by atoms with van der Waals surface area (Å²) in [5.41, 5.74) is 1.63. The number of phenolic OH excluding ortho intramolecular Hbond substituents is 2. The Morgan fingerprint density at radius 3 is 2.68 bits per heavy atom. The lowest BCUT2D eigenvalue weighted by atomic mass is 10.1. The Kier molecular flexibility index (Phi) is 2.91. The predicted molar refractivity (Wildman–Crippen MR) is 72.5 cm³/mol. The van der Waals surface area contributed by atoms with Crippen molar-refractivity contribution >= 4 is 17.2 Å². The van der Waals surface area contributed by atoms with E-state index in [1.807, 2.05) is 5.38 Å². The molecule has 4 nitrogen and oxygen atoms in total. The maximum atomic E-state index is 12.3. The summed E-state index contributed by atoms with van der Waals surface area (Å²) in [6, 6.07) is 6.07. The molecule has 1 aliphatic rings. The van der Waals surface area contributed by atoms with E-state index in [9.17, 15) is 15.0 Å². The number of thiophene rings is 1. The number of carbonyl (C=O) groups excluding carboxylic acids is 1. The lowest BCUT2D eigenvalue weighted by molar-refractivity contribution is 0.0736. The first-order chi connectivity index (χ1) is 9.13. The first kappa shape index (κ1) is 12.0. The van der Waals surface area contributed by atoms with Crippen molar-refractivity contribution in [3.05, 3.63) is 45.6 Å². The van der Waals surface area contributed by atoms with E-state index in [4.69, 9.17) is 0 Å². The minimum Gasteiger partial charge on any atom is -0.508 e. The van der Waals surface area contributed by atoms with Gasteiger partial charge in [-0.2, -0.15) is 0 Å². The third-order valence-corrected chi connectivity index (χ3v) is 4.21. The molecule has 1 aromatic carbocycles. The normalized spacial score (nSPS) is 14.2. The number of fused-ring (bicyclic) bond motifs is 1. The van der Waals surface area contributed by atoms with E-state index in [-0.39, 0.29) is 17.4 Å². The standard InChI is InChI=1S/C14H13NO3S/c16-11-5-10(6-12(17)7-11)14(18)15-3-1-9-2-4-19-13(9)8-15/h2,4-7,16-17H,1,3,8H2. The highest BCUT2D eigenvalue weighted by molar-refractivity contribution is 7.10. The maximum Gasteiger partial charge on any atom is 0.254 e. The zero-order chi connectivity index (χ0) is 13.4. The van der Waals surface area contributed by atoms with Gasteiger partial charge in [0.15, 0.2) is 0 Å². The molecule has 1 aliphatic heterocycles. The highest BCUT2D eigenvalue weighted by Gasteiger charge is 2.23. The van der Waals surface area contributed by atoms with Crippen molar-refractivity contribution in [2.24, 2.45) is 0 Å². The molecule has 3 rings (SSSR count). The monoisotopic (exact) mass is 275 g/mol. The number of hydrogen-bond donors (Lipinski definition) is 2. The Hall–Kier alpha value is -2.01. The average molecular weight is 275 g/mol. The van der Waals surface area contributed by atoms with Crippen molar-refractivity contribution in [2.45, 2.75) is 13.0 Å². The van der Waals surface area contributed by atoms with Gasteiger partial charge in [0.25, 0.3) is 5.91 Å². The van der Waals surface area contributed by atoms with Crippen LogP contribution in [0.1, 0.15) is 20.8 Å². The van der Waals surface area contributed by atoms with Crippen LogP contribution in [0.2, 0.25) is 0 Å². The number of nitrogens with zero attached hydrogens (tertiary/aromatic N) is 1. The van der Waals surface area contributed by atoms with E-state index < -0.39 is 0 Å². The highest BCUT2D eigenvalue weighted by Crippen LogP contribution is 2.27. The zero-order valence-electron chi connectivity index (χ0n) is 10.2. The van der Waals surface area contributed by atoms with E-state index in [0.717, 1.165) is 6.42 Å². The van der Waals surface area contributed by atoms with Crippen LogP contribution in [0, 0.1) is 0 Å². The largest absolute Gasteiger partial charge is 0.508 e. The van der Waals surface area contributed by atoms with Crippen LogP contribution in [0.3, 0.4) is 0 Å². The van der Waals surface area contributed by atoms with Gasteiger partial charge in [0.1, 0.15) is 11.5 Å². The van der Waals surface area contributed by atoms with Gasteiger partial charge in [0.2, 0.25) is 0 Å². The van der Waals surface area contributed by atoms with Crippen LogP contribution in [0.4, 0.5) is 0 Å². The van der Waals surface area contributed by atoms with Gasteiger partial charge in [0.05, 0.1) is 6.54 Å². The minimum absolute atomic E-state index is 0.0998. The molecule has 0 fully saturated rings. The number of carbonyl (C=O) groups is 1. The molecule has 0 saturated heterocycles. The smallest absolute Gasteiger partial charge is 0.254 e. The molecule has 19 heavy (non-hydrogen) atoms. The number of phenols is 2. The van der Waals surface area contributed by atoms with Crippen LogP contribution >= 0.6 is 11.3 Å². The second kappa shape index (κ2) is 4.59. The number of hydrogen-bond acceptors (Lipinski definition) is 4. The van der Waals surface area contributed by atoms with Crippen molar-refractivity contribution in [1.82, 2.24) is 4.90 Å². The van der Waals surface area contributed by atoms with Crippen molar-refractivity contribution in [2.75, 3.05) is 6.54 Å². The highest BCUT2D eigenvalue weighted by atomic mass is 32.1. The molecule has 2 N–H and O–H groups in total. The van der Waals surface area contributed by atoms with Crippen LogP contribution in [0.5, 0.6) is 11.5 Å². The van der Waals surface area contributed by atoms with Gasteiger partial charge in [-0.3, -0.25) is 4.79 Å².